The van der Waals surface area contributed by atoms with Crippen molar-refractivity contribution in [2.75, 3.05) is 0 Å². The van der Waals surface area contributed by atoms with Gasteiger partial charge in [-0.2, -0.15) is 0 Å². The smallest absolute Gasteiger partial charge is 0.172 e. The molecule has 0 aromatic carbocycles. The minimum atomic E-state index is -0.456. The Kier molecular flexibility index (Phi) is 2.83. The first-order chi connectivity index (χ1) is 13.9. The van der Waals surface area contributed by atoms with Crippen molar-refractivity contribution in [3.8, 4) is 11.5 Å². The molecule has 0 amide bonds. The van der Waals surface area contributed by atoms with E-state index in [9.17, 15) is 4.79 Å². The Hall–Kier alpha value is -3.68. The van der Waals surface area contributed by atoms with Gasteiger partial charge < -0.3 is 4.74 Å². The first-order valence-electron chi connectivity index (χ1n) is 9.16. The van der Waals surface area contributed by atoms with E-state index < -0.39 is 24.0 Å². The molecule has 8 nitrogen and oxygen atoms in total. The lowest BCUT2D eigenvalue weighted by Gasteiger charge is -2.08. The number of hydrogen-bond acceptors (Lipinski definition) is 7. The predicted molar refractivity (Wildman–Crippen MR) is 87.4 cm³/mol. The largest absolute Gasteiger partial charge is 0.453 e. The molecule has 0 N–H and O–H groups in total. The third-order valence-corrected chi connectivity index (χ3v) is 3.28. The van der Waals surface area contributed by atoms with Crippen LogP contribution in [0.25, 0.3) is 5.65 Å². The van der Waals surface area contributed by atoms with Gasteiger partial charge in [-0.1, -0.05) is 6.04 Å². The molecule has 4 heterocycles. The van der Waals surface area contributed by atoms with Crippen LogP contribution in [0.2, 0.25) is 0 Å². The summed E-state index contributed by atoms with van der Waals surface area (Å²) in [6, 6.07) is 0.226. The second-order valence-corrected chi connectivity index (χ2v) is 4.97. The van der Waals surface area contributed by atoms with Crippen molar-refractivity contribution in [1.29, 1.82) is 0 Å². The number of hydrogen-bond donors (Lipinski definition) is 0. The molecule has 0 aliphatic heterocycles. The van der Waals surface area contributed by atoms with Crippen LogP contribution in [0.1, 0.15) is 21.5 Å². The molecule has 4 aromatic heterocycles. The number of carbonyl (C=O) groups excluding carboxylic acids is 1. The zero-order valence-corrected chi connectivity index (χ0v) is 12.7. The number of aromatic nitrogens is 6. The molecule has 0 bridgehead atoms. The molecular formula is C17H12N6O2. The monoisotopic (exact) mass is 336 g/mol. The van der Waals surface area contributed by atoms with Gasteiger partial charge in [-0.25, -0.2) is 9.97 Å². The number of pyridine rings is 2. The van der Waals surface area contributed by atoms with Crippen LogP contribution < -0.4 is 4.74 Å². The Morgan fingerprint density at radius 2 is 2.12 bits per heavy atom. The number of ether oxygens (including phenoxy) is 1. The van der Waals surface area contributed by atoms with E-state index in [1.807, 2.05) is 0 Å². The lowest BCUT2D eigenvalue weighted by Crippen LogP contribution is -2.08. The molecule has 0 spiro atoms. The van der Waals surface area contributed by atoms with E-state index in [2.05, 4.69) is 25.1 Å². The van der Waals surface area contributed by atoms with Crippen LogP contribution >= 0.6 is 0 Å². The Balaban J connectivity index is 1.71. The van der Waals surface area contributed by atoms with E-state index in [4.69, 9.17) is 10.2 Å². The van der Waals surface area contributed by atoms with Crippen molar-refractivity contribution in [3.05, 3.63) is 72.9 Å². The minimum Gasteiger partial charge on any atom is -0.453 e. The van der Waals surface area contributed by atoms with Gasteiger partial charge in [0.1, 0.15) is 18.4 Å². The van der Waals surface area contributed by atoms with E-state index in [0.717, 1.165) is 0 Å². The molecule has 0 fully saturated rings. The Bertz CT molecular complexity index is 1230. The quantitative estimate of drug-likeness (QED) is 0.515. The fourth-order valence-corrected chi connectivity index (χ4v) is 2.23. The maximum absolute atomic E-state index is 12.9. The van der Waals surface area contributed by atoms with Gasteiger partial charge in [0.15, 0.2) is 17.2 Å². The molecule has 0 saturated carbocycles. The number of rotatable bonds is 5. The molecular weight excluding hydrogens is 320 g/mol. The van der Waals surface area contributed by atoms with Crippen molar-refractivity contribution in [1.82, 2.24) is 29.5 Å². The summed E-state index contributed by atoms with van der Waals surface area (Å²) in [4.78, 5) is 24.5. The van der Waals surface area contributed by atoms with Crippen LogP contribution in [0, 0.1) is 0 Å². The normalized spacial score (nSPS) is 13.0. The number of ketones is 1. The van der Waals surface area contributed by atoms with Crippen LogP contribution in [0.15, 0.2) is 61.6 Å². The fourth-order valence-electron chi connectivity index (χ4n) is 2.23. The zero-order chi connectivity index (χ0) is 20.5. The number of carbonyl (C=O) groups is 1. The minimum absolute atomic E-state index is 0.0542. The maximum Gasteiger partial charge on any atom is 0.172 e. The van der Waals surface area contributed by atoms with Crippen LogP contribution in [-0.2, 0) is 6.42 Å². The SMILES string of the molecule is [2H]c1nc(CC(=O)c2cc(Oc3cncnc3)cn3cnnc23)c([2H])c([2H])c1[2H]. The highest BCUT2D eigenvalue weighted by atomic mass is 16.5. The van der Waals surface area contributed by atoms with Gasteiger partial charge >= 0.3 is 0 Å². The van der Waals surface area contributed by atoms with Crippen LogP contribution in [0.5, 0.6) is 11.5 Å². The number of nitrogens with zero attached hydrogens (tertiary/aromatic N) is 6. The van der Waals surface area contributed by atoms with Crippen molar-refractivity contribution < 1.29 is 15.0 Å². The molecule has 25 heavy (non-hydrogen) atoms. The fraction of sp³-hybridized carbons (Fsp3) is 0.0588. The van der Waals surface area contributed by atoms with Crippen molar-refractivity contribution >= 4 is 11.4 Å². The average molecular weight is 336 g/mol. The molecule has 0 saturated heterocycles. The average Bonchev–Trinajstić information content (AvgIpc) is 3.19. The number of fused-ring (bicyclic) bond motifs is 1. The predicted octanol–water partition coefficient (Wildman–Crippen LogP) is 2.13. The summed E-state index contributed by atoms with van der Waals surface area (Å²) in [6.07, 6.45) is 6.50. The summed E-state index contributed by atoms with van der Waals surface area (Å²) in [5.74, 6) is 0.242. The van der Waals surface area contributed by atoms with Crippen molar-refractivity contribution in [2.24, 2.45) is 0 Å². The molecule has 4 rings (SSSR count). The molecule has 0 unspecified atom stereocenters. The van der Waals surface area contributed by atoms with Crippen molar-refractivity contribution in [3.63, 3.8) is 0 Å². The first kappa shape index (κ1) is 11.0. The lowest BCUT2D eigenvalue weighted by atomic mass is 10.1. The van der Waals surface area contributed by atoms with E-state index >= 15 is 0 Å². The van der Waals surface area contributed by atoms with Gasteiger partial charge in [-0.15, -0.1) is 10.2 Å². The molecule has 0 radical (unpaired) electrons. The zero-order valence-electron chi connectivity index (χ0n) is 16.7. The molecule has 8 heteroatoms. The topological polar surface area (TPSA) is 95.2 Å². The van der Waals surface area contributed by atoms with Gasteiger partial charge in [0.25, 0.3) is 0 Å². The Morgan fingerprint density at radius 3 is 3.00 bits per heavy atom. The van der Waals surface area contributed by atoms with E-state index in [1.165, 1.54) is 35.5 Å². The molecule has 4 aromatic rings. The van der Waals surface area contributed by atoms with Gasteiger partial charge in [-0.05, 0) is 18.2 Å². The second kappa shape index (κ2) is 6.44. The molecule has 0 aliphatic rings. The lowest BCUT2D eigenvalue weighted by molar-refractivity contribution is 0.0992. The number of Topliss-reactive ketones (excluding diaryl/α,β-unsaturated/α-hetero) is 1. The van der Waals surface area contributed by atoms with Gasteiger partial charge in [0.05, 0.1) is 36.1 Å². The summed E-state index contributed by atoms with van der Waals surface area (Å²) >= 11 is 0. The van der Waals surface area contributed by atoms with Gasteiger partial charge in [-0.3, -0.25) is 14.2 Å². The third-order valence-electron chi connectivity index (χ3n) is 3.28. The first-order valence-corrected chi connectivity index (χ1v) is 7.16. The molecule has 0 atom stereocenters. The summed E-state index contributed by atoms with van der Waals surface area (Å²) in [5.41, 5.74) is 0.403. The highest BCUT2D eigenvalue weighted by molar-refractivity contribution is 6.02. The van der Waals surface area contributed by atoms with Crippen LogP contribution in [0.4, 0.5) is 0 Å². The van der Waals surface area contributed by atoms with E-state index in [0.29, 0.717) is 11.5 Å². The van der Waals surface area contributed by atoms with Crippen LogP contribution in [0.3, 0.4) is 0 Å². The van der Waals surface area contributed by atoms with E-state index in [1.54, 1.807) is 6.20 Å². The summed E-state index contributed by atoms with van der Waals surface area (Å²) in [6.45, 7) is 0. The highest BCUT2D eigenvalue weighted by Crippen LogP contribution is 2.23. The Morgan fingerprint density at radius 1 is 1.24 bits per heavy atom. The molecule has 122 valence electrons. The summed E-state index contributed by atoms with van der Waals surface area (Å²) in [5, 5.41) is 7.74. The van der Waals surface area contributed by atoms with Gasteiger partial charge in [0, 0.05) is 11.9 Å². The molecule has 0 aliphatic carbocycles. The second-order valence-electron chi connectivity index (χ2n) is 4.97. The van der Waals surface area contributed by atoms with Crippen LogP contribution in [-0.4, -0.2) is 35.3 Å². The maximum atomic E-state index is 12.9. The van der Waals surface area contributed by atoms with Crippen molar-refractivity contribution in [2.45, 2.75) is 6.42 Å². The Labute approximate surface area is 147 Å². The summed E-state index contributed by atoms with van der Waals surface area (Å²) in [7, 11) is 0. The third kappa shape index (κ3) is 3.18. The highest BCUT2D eigenvalue weighted by Gasteiger charge is 2.16. The standard InChI is InChI=1S/C17H12N6O2/c24-16(5-12-3-1-2-4-20-12)15-6-13(9-23-11-21-22-17(15)23)25-14-7-18-10-19-8-14/h1-4,6-11H,5H2/i1D,2D,3D,4D. The van der Waals surface area contributed by atoms with E-state index in [-0.39, 0.29) is 29.4 Å². The van der Waals surface area contributed by atoms with Gasteiger partial charge in [0.2, 0.25) is 0 Å². The summed E-state index contributed by atoms with van der Waals surface area (Å²) < 4.78 is 38.1.